The molecule has 6 heteroatoms. The van der Waals surface area contributed by atoms with Gasteiger partial charge in [-0.25, -0.2) is 4.99 Å². The monoisotopic (exact) mass is 678 g/mol. The van der Waals surface area contributed by atoms with Crippen LogP contribution >= 0.6 is 28.1 Å². The maximum atomic E-state index is 5.53. The molecule has 2 nitrogen and oxygen atoms in total. The first-order chi connectivity index (χ1) is 21.4. The molecule has 0 fully saturated rings. The van der Waals surface area contributed by atoms with Crippen molar-refractivity contribution in [3.63, 3.8) is 0 Å². The van der Waals surface area contributed by atoms with Gasteiger partial charge in [-0.05, 0) is 53.0 Å². The van der Waals surface area contributed by atoms with Gasteiger partial charge in [0.25, 0.3) is 0 Å². The summed E-state index contributed by atoms with van der Waals surface area (Å²) in [6.45, 7) is 9.79. The van der Waals surface area contributed by atoms with Gasteiger partial charge in [-0.3, -0.25) is 4.99 Å². The molecule has 0 radical (unpaired) electrons. The molecule has 0 bridgehead atoms. The Bertz CT molecular complexity index is 1700. The van der Waals surface area contributed by atoms with Crippen LogP contribution in [0.3, 0.4) is 0 Å². The quantitative estimate of drug-likeness (QED) is 0.115. The number of rotatable bonds is 8. The van der Waals surface area contributed by atoms with Gasteiger partial charge >= 0.3 is 33.3 Å². The van der Waals surface area contributed by atoms with Crippen LogP contribution in [0.15, 0.2) is 125 Å². The van der Waals surface area contributed by atoms with Crippen LogP contribution in [-0.4, -0.2) is 24.1 Å². The SMILES string of the molecule is CC(C)c1cccc(C(C)C)c1N=C1C(=NCCP(c2ccccc2)c2ccccc2)c2cccc3cccc1c23.[Cl][Fe][Cl]. The molecule has 0 aliphatic heterocycles. The molecule has 226 valence electrons. The molecule has 0 N–H and O–H groups in total. The molecule has 5 aromatic rings. The average Bonchev–Trinajstić information content (AvgIpc) is 3.34. The molecule has 0 heterocycles. The Balaban J connectivity index is 0.00000123. The van der Waals surface area contributed by atoms with E-state index in [1.807, 2.05) is 0 Å². The van der Waals surface area contributed by atoms with Gasteiger partial charge in [0.05, 0.1) is 17.1 Å². The summed E-state index contributed by atoms with van der Waals surface area (Å²) in [5.41, 5.74) is 8.13. The Hall–Kier alpha value is -2.77. The van der Waals surface area contributed by atoms with Crippen LogP contribution in [0.1, 0.15) is 61.8 Å². The number of nitrogens with zero attached hydrogens (tertiary/aromatic N) is 2. The summed E-state index contributed by atoms with van der Waals surface area (Å²) in [7, 11) is 9.02. The maximum absolute atomic E-state index is 5.53. The summed E-state index contributed by atoms with van der Waals surface area (Å²) in [5.74, 6) is 0.765. The van der Waals surface area contributed by atoms with E-state index >= 15 is 0 Å². The van der Waals surface area contributed by atoms with Crippen LogP contribution in [0, 0.1) is 0 Å². The van der Waals surface area contributed by atoms with Gasteiger partial charge < -0.3 is 0 Å². The Labute approximate surface area is 278 Å². The number of hydrogen-bond acceptors (Lipinski definition) is 2. The summed E-state index contributed by atoms with van der Waals surface area (Å²) in [4.78, 5) is 10.9. The van der Waals surface area contributed by atoms with Crippen molar-refractivity contribution in [3.05, 3.63) is 138 Å². The standard InChI is InChI=1S/C38H37N2P.2ClH.Fe/c1-26(2)31-20-13-21-32(27(3)4)36(31)40-38-34-23-12-15-28-14-11-22-33(35(28)34)37(38)39-24-25-41(29-16-7-5-8-17-29)30-18-9-6-10-19-30;;;/h5-23,26-27H,24-25H2,1-4H3;2*1H;/q;;;+2/p-2. The first-order valence-electron chi connectivity index (χ1n) is 15.0. The van der Waals surface area contributed by atoms with E-state index in [0.29, 0.717) is 11.8 Å². The van der Waals surface area contributed by atoms with Crippen LogP contribution in [0.5, 0.6) is 0 Å². The molecule has 0 amide bonds. The second-order valence-electron chi connectivity index (χ2n) is 11.4. The molecule has 0 saturated heterocycles. The molecule has 0 unspecified atom stereocenters. The van der Waals surface area contributed by atoms with E-state index in [1.54, 1.807) is 0 Å². The number of benzene rings is 5. The Morgan fingerprint density at radius 1 is 0.614 bits per heavy atom. The zero-order valence-electron chi connectivity index (χ0n) is 25.5. The molecule has 0 saturated carbocycles. The van der Waals surface area contributed by atoms with Crippen molar-refractivity contribution in [1.82, 2.24) is 0 Å². The first-order valence-corrected chi connectivity index (χ1v) is 19.5. The fourth-order valence-corrected chi connectivity index (χ4v) is 8.08. The number of para-hydroxylation sites is 1. The molecule has 0 spiro atoms. The second-order valence-corrected chi connectivity index (χ2v) is 15.5. The molecule has 1 aliphatic rings. The average molecular weight is 679 g/mol. The van der Waals surface area contributed by atoms with Gasteiger partial charge in [0.15, 0.2) is 0 Å². The zero-order chi connectivity index (χ0) is 31.1. The van der Waals surface area contributed by atoms with E-state index in [9.17, 15) is 0 Å². The van der Waals surface area contributed by atoms with Crippen LogP contribution in [0.2, 0.25) is 0 Å². The predicted molar refractivity (Wildman–Crippen MR) is 192 cm³/mol. The molecular weight excluding hydrogens is 642 g/mol. The Morgan fingerprint density at radius 2 is 1.09 bits per heavy atom. The van der Waals surface area contributed by atoms with Gasteiger partial charge in [0.1, 0.15) is 0 Å². The van der Waals surface area contributed by atoms with Crippen LogP contribution in [0.25, 0.3) is 10.8 Å². The predicted octanol–water partition coefficient (Wildman–Crippen LogP) is 10.5. The first kappa shape index (κ1) is 32.6. The number of aliphatic imine (C=N–C) groups is 2. The van der Waals surface area contributed by atoms with Gasteiger partial charge in [-0.15, -0.1) is 0 Å². The van der Waals surface area contributed by atoms with Crippen molar-refractivity contribution < 1.29 is 13.1 Å². The van der Waals surface area contributed by atoms with Gasteiger partial charge in [-0.2, -0.15) is 0 Å². The van der Waals surface area contributed by atoms with Crippen molar-refractivity contribution in [3.8, 4) is 0 Å². The molecule has 5 aromatic carbocycles. The Kier molecular flexibility index (Phi) is 11.5. The van der Waals surface area contributed by atoms with E-state index < -0.39 is 7.92 Å². The molecular formula is C38H37Cl2FeN2P. The van der Waals surface area contributed by atoms with E-state index in [2.05, 4.69) is 143 Å². The van der Waals surface area contributed by atoms with Gasteiger partial charge in [-0.1, -0.05) is 143 Å². The third-order valence-corrected chi connectivity index (χ3v) is 10.4. The van der Waals surface area contributed by atoms with Crippen LogP contribution in [-0.2, 0) is 13.1 Å². The number of halogens is 2. The van der Waals surface area contributed by atoms with E-state index in [0.717, 1.165) is 29.8 Å². The fraction of sp³-hybridized carbons (Fsp3) is 0.211. The van der Waals surface area contributed by atoms with Gasteiger partial charge in [0.2, 0.25) is 0 Å². The molecule has 44 heavy (non-hydrogen) atoms. The molecule has 6 rings (SSSR count). The van der Waals surface area contributed by atoms with E-state index in [1.165, 1.54) is 43.6 Å². The van der Waals surface area contributed by atoms with Crippen molar-refractivity contribution in [1.29, 1.82) is 0 Å². The van der Waals surface area contributed by atoms with E-state index in [4.69, 9.17) is 30.2 Å². The second kappa shape index (κ2) is 15.5. The summed E-state index contributed by atoms with van der Waals surface area (Å²) < 4.78 is 0. The number of hydrogen-bond donors (Lipinski definition) is 0. The zero-order valence-corrected chi connectivity index (χ0v) is 29.0. The van der Waals surface area contributed by atoms with Crippen LogP contribution in [0.4, 0.5) is 5.69 Å². The molecule has 0 atom stereocenters. The van der Waals surface area contributed by atoms with Crippen LogP contribution < -0.4 is 10.6 Å². The van der Waals surface area contributed by atoms with Crippen molar-refractivity contribution >= 4 is 66.6 Å². The molecule has 1 aliphatic carbocycles. The summed E-state index contributed by atoms with van der Waals surface area (Å²) >= 11 is 0.194. The third kappa shape index (κ3) is 7.20. The van der Waals surface area contributed by atoms with Crippen molar-refractivity contribution in [2.75, 3.05) is 12.7 Å². The molecule has 0 aromatic heterocycles. The summed E-state index contributed by atoms with van der Waals surface area (Å²) in [6, 6.07) is 41.7. The summed E-state index contributed by atoms with van der Waals surface area (Å²) in [6.07, 6.45) is 0.992. The topological polar surface area (TPSA) is 24.7 Å². The summed E-state index contributed by atoms with van der Waals surface area (Å²) in [5, 5.41) is 5.31. The normalized spacial score (nSPS) is 14.3. The van der Waals surface area contributed by atoms with Crippen molar-refractivity contribution in [2.45, 2.75) is 39.5 Å². The van der Waals surface area contributed by atoms with E-state index in [-0.39, 0.29) is 13.1 Å². The Morgan fingerprint density at radius 3 is 1.59 bits per heavy atom. The van der Waals surface area contributed by atoms with Crippen molar-refractivity contribution in [2.24, 2.45) is 9.98 Å². The minimum atomic E-state index is -0.511. The van der Waals surface area contributed by atoms with Gasteiger partial charge in [0, 0.05) is 23.1 Å². The minimum absolute atomic E-state index is 0.194. The fourth-order valence-electron chi connectivity index (χ4n) is 5.90. The third-order valence-electron chi connectivity index (χ3n) is 7.93.